The molecule has 21 heavy (non-hydrogen) atoms. The Bertz CT molecular complexity index is 565. The third-order valence-electron chi connectivity index (χ3n) is 3.51. The van der Waals surface area contributed by atoms with E-state index in [9.17, 15) is 4.79 Å². The minimum absolute atomic E-state index is 0.127. The maximum absolute atomic E-state index is 11.9. The van der Waals surface area contributed by atoms with Gasteiger partial charge in [0.25, 0.3) is 5.91 Å². The SMILES string of the molecule is O=C(NC1CCC(Oc2cnccn2)CC1)c1ccon1. The lowest BCUT2D eigenvalue weighted by Crippen LogP contribution is -2.39. The van der Waals surface area contributed by atoms with Crippen LogP contribution in [0.4, 0.5) is 0 Å². The Morgan fingerprint density at radius 1 is 1.29 bits per heavy atom. The van der Waals surface area contributed by atoms with Gasteiger partial charge in [0.05, 0.1) is 6.20 Å². The Morgan fingerprint density at radius 2 is 2.14 bits per heavy atom. The fraction of sp³-hybridized carbons (Fsp3) is 0.429. The number of ether oxygens (including phenoxy) is 1. The highest BCUT2D eigenvalue weighted by Crippen LogP contribution is 2.22. The van der Waals surface area contributed by atoms with Crippen LogP contribution in [0.5, 0.6) is 5.88 Å². The zero-order chi connectivity index (χ0) is 14.5. The number of carbonyl (C=O) groups is 1. The molecule has 0 aromatic carbocycles. The van der Waals surface area contributed by atoms with Gasteiger partial charge < -0.3 is 14.6 Å². The molecule has 1 fully saturated rings. The van der Waals surface area contributed by atoms with Crippen molar-refractivity contribution in [3.05, 3.63) is 36.6 Å². The van der Waals surface area contributed by atoms with Crippen LogP contribution in [0.25, 0.3) is 0 Å². The van der Waals surface area contributed by atoms with E-state index < -0.39 is 0 Å². The molecule has 0 bridgehead atoms. The minimum atomic E-state index is -0.193. The molecule has 0 spiro atoms. The molecule has 0 atom stereocenters. The molecule has 110 valence electrons. The lowest BCUT2D eigenvalue weighted by atomic mass is 9.93. The van der Waals surface area contributed by atoms with Gasteiger partial charge in [-0.1, -0.05) is 5.16 Å². The van der Waals surface area contributed by atoms with E-state index in [2.05, 4.69) is 25.0 Å². The molecule has 0 saturated heterocycles. The summed E-state index contributed by atoms with van der Waals surface area (Å²) in [4.78, 5) is 19.9. The largest absolute Gasteiger partial charge is 0.473 e. The van der Waals surface area contributed by atoms with Crippen LogP contribution < -0.4 is 10.1 Å². The highest BCUT2D eigenvalue weighted by molar-refractivity contribution is 5.92. The Kier molecular flexibility index (Phi) is 4.09. The van der Waals surface area contributed by atoms with Crippen molar-refractivity contribution in [1.29, 1.82) is 0 Å². The predicted molar refractivity (Wildman–Crippen MR) is 72.7 cm³/mol. The highest BCUT2D eigenvalue weighted by Gasteiger charge is 2.24. The molecule has 2 aromatic rings. The normalized spacial score (nSPS) is 21.7. The van der Waals surface area contributed by atoms with E-state index in [4.69, 9.17) is 4.74 Å². The zero-order valence-electron chi connectivity index (χ0n) is 11.4. The first-order valence-electron chi connectivity index (χ1n) is 6.95. The molecule has 2 heterocycles. The quantitative estimate of drug-likeness (QED) is 0.918. The third kappa shape index (κ3) is 3.56. The average Bonchev–Trinajstić information content (AvgIpc) is 3.05. The molecule has 1 aliphatic carbocycles. The number of aromatic nitrogens is 3. The van der Waals surface area contributed by atoms with Crippen LogP contribution >= 0.6 is 0 Å². The number of hydrogen-bond donors (Lipinski definition) is 1. The van der Waals surface area contributed by atoms with E-state index in [1.165, 1.54) is 6.26 Å². The minimum Gasteiger partial charge on any atom is -0.473 e. The van der Waals surface area contributed by atoms with E-state index in [-0.39, 0.29) is 18.1 Å². The molecule has 2 aromatic heterocycles. The van der Waals surface area contributed by atoms with Crippen LogP contribution in [0, 0.1) is 0 Å². The summed E-state index contributed by atoms with van der Waals surface area (Å²) in [6.07, 6.45) is 9.84. The van der Waals surface area contributed by atoms with Crippen molar-refractivity contribution >= 4 is 5.91 Å². The van der Waals surface area contributed by atoms with E-state index in [1.807, 2.05) is 0 Å². The van der Waals surface area contributed by atoms with Gasteiger partial charge in [-0.3, -0.25) is 9.78 Å². The second-order valence-electron chi connectivity index (χ2n) is 4.99. The van der Waals surface area contributed by atoms with E-state index in [0.29, 0.717) is 11.6 Å². The Labute approximate surface area is 121 Å². The number of nitrogens with one attached hydrogen (secondary N) is 1. The van der Waals surface area contributed by atoms with Gasteiger partial charge in [-0.25, -0.2) is 4.98 Å². The van der Waals surface area contributed by atoms with Crippen molar-refractivity contribution < 1.29 is 14.1 Å². The second-order valence-corrected chi connectivity index (χ2v) is 4.99. The molecule has 7 nitrogen and oxygen atoms in total. The molecule has 3 rings (SSSR count). The van der Waals surface area contributed by atoms with Crippen LogP contribution in [-0.2, 0) is 0 Å². The number of rotatable bonds is 4. The molecular weight excluding hydrogens is 272 g/mol. The first-order chi connectivity index (χ1) is 10.3. The van der Waals surface area contributed by atoms with Gasteiger partial charge in [0, 0.05) is 24.5 Å². The van der Waals surface area contributed by atoms with Gasteiger partial charge in [-0.2, -0.15) is 0 Å². The maximum Gasteiger partial charge on any atom is 0.273 e. The monoisotopic (exact) mass is 288 g/mol. The van der Waals surface area contributed by atoms with Gasteiger partial charge in [0.1, 0.15) is 12.4 Å². The summed E-state index contributed by atoms with van der Waals surface area (Å²) < 4.78 is 10.4. The van der Waals surface area contributed by atoms with Crippen molar-refractivity contribution in [3.63, 3.8) is 0 Å². The fourth-order valence-electron chi connectivity index (χ4n) is 2.43. The first kappa shape index (κ1) is 13.5. The van der Waals surface area contributed by atoms with Crippen molar-refractivity contribution in [2.75, 3.05) is 0 Å². The molecule has 0 aliphatic heterocycles. The second kappa shape index (κ2) is 6.34. The van der Waals surface area contributed by atoms with Crippen molar-refractivity contribution in [2.24, 2.45) is 0 Å². The average molecular weight is 288 g/mol. The molecule has 1 N–H and O–H groups in total. The van der Waals surface area contributed by atoms with Crippen LogP contribution in [0.2, 0.25) is 0 Å². The van der Waals surface area contributed by atoms with E-state index in [0.717, 1.165) is 25.7 Å². The standard InChI is InChI=1S/C14H16N4O3/c19-14(12-5-8-20-18-12)17-10-1-3-11(4-2-10)21-13-9-15-6-7-16-13/h5-11H,1-4H2,(H,17,19). The Morgan fingerprint density at radius 3 is 2.81 bits per heavy atom. The van der Waals surface area contributed by atoms with Crippen LogP contribution in [0.3, 0.4) is 0 Å². The van der Waals surface area contributed by atoms with Crippen molar-refractivity contribution in [1.82, 2.24) is 20.4 Å². The van der Waals surface area contributed by atoms with Crippen LogP contribution in [0.1, 0.15) is 36.2 Å². The summed E-state index contributed by atoms with van der Waals surface area (Å²) in [6, 6.07) is 1.70. The topological polar surface area (TPSA) is 90.1 Å². The summed E-state index contributed by atoms with van der Waals surface area (Å²) in [5.74, 6) is 0.356. The van der Waals surface area contributed by atoms with Crippen LogP contribution in [0.15, 0.2) is 35.4 Å². The van der Waals surface area contributed by atoms with Gasteiger partial charge in [0.15, 0.2) is 5.69 Å². The van der Waals surface area contributed by atoms with E-state index >= 15 is 0 Å². The van der Waals surface area contributed by atoms with Gasteiger partial charge in [0.2, 0.25) is 5.88 Å². The highest BCUT2D eigenvalue weighted by atomic mass is 16.5. The number of hydrogen-bond acceptors (Lipinski definition) is 6. The predicted octanol–water partition coefficient (Wildman–Crippen LogP) is 1.58. The smallest absolute Gasteiger partial charge is 0.273 e. The van der Waals surface area contributed by atoms with Crippen molar-refractivity contribution in [2.45, 2.75) is 37.8 Å². The van der Waals surface area contributed by atoms with Gasteiger partial charge in [-0.05, 0) is 25.7 Å². The fourth-order valence-corrected chi connectivity index (χ4v) is 2.43. The summed E-state index contributed by atoms with van der Waals surface area (Å²) >= 11 is 0. The Balaban J connectivity index is 1.46. The van der Waals surface area contributed by atoms with Crippen molar-refractivity contribution in [3.8, 4) is 5.88 Å². The Hall–Kier alpha value is -2.44. The molecule has 7 heteroatoms. The van der Waals surface area contributed by atoms with Crippen LogP contribution in [-0.4, -0.2) is 33.2 Å². The number of amides is 1. The molecule has 1 saturated carbocycles. The van der Waals surface area contributed by atoms with Gasteiger partial charge in [-0.15, -0.1) is 0 Å². The van der Waals surface area contributed by atoms with Gasteiger partial charge >= 0.3 is 0 Å². The lowest BCUT2D eigenvalue weighted by molar-refractivity contribution is 0.0881. The molecule has 0 radical (unpaired) electrons. The number of carbonyl (C=O) groups excluding carboxylic acids is 1. The molecule has 0 unspecified atom stereocenters. The number of nitrogens with zero attached hydrogens (tertiary/aromatic N) is 3. The zero-order valence-corrected chi connectivity index (χ0v) is 11.4. The van der Waals surface area contributed by atoms with E-state index in [1.54, 1.807) is 24.7 Å². The third-order valence-corrected chi connectivity index (χ3v) is 3.51. The summed E-state index contributed by atoms with van der Waals surface area (Å²) in [5, 5.41) is 6.59. The molecule has 1 aliphatic rings. The molecule has 1 amide bonds. The lowest BCUT2D eigenvalue weighted by Gasteiger charge is -2.28. The molecular formula is C14H16N4O3. The summed E-state index contributed by atoms with van der Waals surface area (Å²) in [6.45, 7) is 0. The summed E-state index contributed by atoms with van der Waals surface area (Å²) in [7, 11) is 0. The maximum atomic E-state index is 11.9. The first-order valence-corrected chi connectivity index (χ1v) is 6.95. The summed E-state index contributed by atoms with van der Waals surface area (Å²) in [5.41, 5.74) is 0.313.